The zero-order valence-corrected chi connectivity index (χ0v) is 30.0. The molecule has 2 amide bonds. The molecule has 10 heteroatoms. The molecule has 1 saturated heterocycles. The summed E-state index contributed by atoms with van der Waals surface area (Å²) in [5, 5.41) is 2.23. The first-order valence-corrected chi connectivity index (χ1v) is 18.9. The van der Waals surface area contributed by atoms with E-state index in [1.807, 2.05) is 78.6 Å². The number of alkyl halides is 3. The van der Waals surface area contributed by atoms with Crippen molar-refractivity contribution in [3.63, 3.8) is 0 Å². The number of hydrogen-bond donors (Lipinski definition) is 1. The number of rotatable bonds is 11. The minimum atomic E-state index is -4.49. The summed E-state index contributed by atoms with van der Waals surface area (Å²) in [4.78, 5) is 34.5. The predicted octanol–water partition coefficient (Wildman–Crippen LogP) is 8.05. The van der Waals surface area contributed by atoms with Gasteiger partial charge in [-0.15, -0.1) is 0 Å². The van der Waals surface area contributed by atoms with Crippen LogP contribution in [0, 0.1) is 0 Å². The van der Waals surface area contributed by atoms with E-state index in [0.29, 0.717) is 24.8 Å². The molecule has 0 spiro atoms. The summed E-state index contributed by atoms with van der Waals surface area (Å²) in [5.41, 5.74) is 3.32. The number of anilines is 1. The highest BCUT2D eigenvalue weighted by molar-refractivity contribution is 6.00. The van der Waals surface area contributed by atoms with Crippen LogP contribution >= 0.6 is 0 Å². The molecule has 1 saturated carbocycles. The molecule has 276 valence electrons. The smallest absolute Gasteiger partial charge is 0.405 e. The van der Waals surface area contributed by atoms with Crippen LogP contribution in [0.2, 0.25) is 0 Å². The van der Waals surface area contributed by atoms with E-state index < -0.39 is 29.8 Å². The molecule has 1 atom stereocenters. The second kappa shape index (κ2) is 15.0. The van der Waals surface area contributed by atoms with E-state index in [0.717, 1.165) is 92.8 Å². The van der Waals surface area contributed by atoms with Crippen LogP contribution in [0.4, 0.5) is 18.9 Å². The lowest BCUT2D eigenvalue weighted by Crippen LogP contribution is -2.55. The van der Waals surface area contributed by atoms with E-state index in [-0.39, 0.29) is 11.9 Å². The number of ether oxygens (including phenoxy) is 1. The standard InChI is InChI=1S/C42H49F3N4O3/c1-40(22-11-29-52-40)49(33-12-3-2-4-13-33)38(50)31-18-20-32(21-19-31)48-27-25-47(26-28-48)24-10-9-23-41(39(51)46-30-42(43,44)45)36-16-7-5-14-34(36)35-15-6-8-17-37(35)41/h5-8,11,14-21,29,33H,2-4,9-10,12-13,22-28,30H2,1H3,(H,46,51). The summed E-state index contributed by atoms with van der Waals surface area (Å²) in [6.07, 6.45) is 7.36. The first-order chi connectivity index (χ1) is 25.1. The Morgan fingerprint density at radius 1 is 0.865 bits per heavy atom. The normalized spacial score (nSPS) is 21.3. The Bertz CT molecular complexity index is 1710. The average Bonchev–Trinajstić information content (AvgIpc) is 3.73. The number of fused-ring (bicyclic) bond motifs is 3. The van der Waals surface area contributed by atoms with Gasteiger partial charge in [0.15, 0.2) is 5.72 Å². The number of nitrogens with zero attached hydrogens (tertiary/aromatic N) is 3. The maximum absolute atomic E-state index is 14.0. The fraction of sp³-hybridized carbons (Fsp3) is 0.476. The summed E-state index contributed by atoms with van der Waals surface area (Å²) < 4.78 is 45.7. The topological polar surface area (TPSA) is 65.1 Å². The second-order valence-corrected chi connectivity index (χ2v) is 15.0. The van der Waals surface area contributed by atoms with Crippen LogP contribution in [0.1, 0.15) is 86.2 Å². The molecule has 4 aliphatic rings. The van der Waals surface area contributed by atoms with E-state index >= 15 is 0 Å². The van der Waals surface area contributed by atoms with Crippen LogP contribution in [0.5, 0.6) is 0 Å². The van der Waals surface area contributed by atoms with Gasteiger partial charge >= 0.3 is 6.18 Å². The summed E-state index contributed by atoms with van der Waals surface area (Å²) >= 11 is 0. The number of hydrogen-bond acceptors (Lipinski definition) is 5. The number of unbranched alkanes of at least 4 members (excludes halogenated alkanes) is 1. The second-order valence-electron chi connectivity index (χ2n) is 15.0. The van der Waals surface area contributed by atoms with Crippen molar-refractivity contribution in [3.05, 3.63) is 102 Å². The largest absolute Gasteiger partial charge is 0.476 e. The van der Waals surface area contributed by atoms with Crippen LogP contribution in [0.25, 0.3) is 11.1 Å². The van der Waals surface area contributed by atoms with E-state index in [9.17, 15) is 22.8 Å². The van der Waals surface area contributed by atoms with Gasteiger partial charge in [-0.25, -0.2) is 0 Å². The Hall–Kier alpha value is -4.31. The van der Waals surface area contributed by atoms with Crippen molar-refractivity contribution in [2.45, 2.75) is 88.1 Å². The van der Waals surface area contributed by atoms with Crippen LogP contribution in [-0.2, 0) is 14.9 Å². The molecule has 7 rings (SSSR count). The number of piperazine rings is 1. The fourth-order valence-corrected chi connectivity index (χ4v) is 8.96. The Morgan fingerprint density at radius 3 is 2.10 bits per heavy atom. The van der Waals surface area contributed by atoms with Gasteiger partial charge in [0.05, 0.1) is 6.26 Å². The van der Waals surface area contributed by atoms with Gasteiger partial charge in [-0.1, -0.05) is 74.2 Å². The lowest BCUT2D eigenvalue weighted by Gasteiger charge is -2.44. The van der Waals surface area contributed by atoms with Crippen LogP contribution in [-0.4, -0.2) is 78.8 Å². The molecule has 52 heavy (non-hydrogen) atoms. The number of carbonyl (C=O) groups is 2. The third-order valence-corrected chi connectivity index (χ3v) is 11.6. The molecule has 0 bridgehead atoms. The minimum absolute atomic E-state index is 0.0265. The van der Waals surface area contributed by atoms with Crippen molar-refractivity contribution in [3.8, 4) is 11.1 Å². The fourth-order valence-electron chi connectivity index (χ4n) is 8.96. The van der Waals surface area contributed by atoms with Gasteiger partial charge in [-0.3, -0.25) is 19.4 Å². The van der Waals surface area contributed by atoms with Crippen molar-refractivity contribution in [1.82, 2.24) is 15.1 Å². The van der Waals surface area contributed by atoms with Gasteiger partial charge < -0.3 is 15.0 Å². The Balaban J connectivity index is 0.954. The highest BCUT2D eigenvalue weighted by atomic mass is 19.4. The third kappa shape index (κ3) is 7.19. The van der Waals surface area contributed by atoms with E-state index in [4.69, 9.17) is 4.74 Å². The van der Waals surface area contributed by atoms with Crippen molar-refractivity contribution in [2.24, 2.45) is 0 Å². The Morgan fingerprint density at radius 2 is 1.50 bits per heavy atom. The zero-order chi connectivity index (χ0) is 36.3. The molecule has 0 aromatic heterocycles. The number of amides is 2. The maximum atomic E-state index is 14.0. The highest BCUT2D eigenvalue weighted by Crippen LogP contribution is 2.51. The van der Waals surface area contributed by atoms with Crippen LogP contribution in [0.15, 0.2) is 85.1 Å². The molecule has 2 aliphatic carbocycles. The lowest BCUT2D eigenvalue weighted by molar-refractivity contribution is -0.141. The van der Waals surface area contributed by atoms with Crippen molar-refractivity contribution >= 4 is 17.5 Å². The molecule has 1 N–H and O–H groups in total. The Kier molecular flexibility index (Phi) is 10.4. The Labute approximate surface area is 304 Å². The monoisotopic (exact) mass is 714 g/mol. The molecular weight excluding hydrogens is 665 g/mol. The van der Waals surface area contributed by atoms with Gasteiger partial charge in [0, 0.05) is 49.9 Å². The van der Waals surface area contributed by atoms with Gasteiger partial charge in [-0.05, 0) is 91.7 Å². The first-order valence-electron chi connectivity index (χ1n) is 18.9. The molecule has 2 fully saturated rings. The summed E-state index contributed by atoms with van der Waals surface area (Å²) in [6.45, 7) is 4.97. The van der Waals surface area contributed by atoms with Crippen molar-refractivity contribution < 1.29 is 27.5 Å². The predicted molar refractivity (Wildman–Crippen MR) is 197 cm³/mol. The number of halogens is 3. The molecule has 3 aromatic rings. The number of carbonyl (C=O) groups excluding carboxylic acids is 2. The van der Waals surface area contributed by atoms with E-state index in [1.165, 1.54) is 6.42 Å². The maximum Gasteiger partial charge on any atom is 0.405 e. The van der Waals surface area contributed by atoms with Crippen LogP contribution < -0.4 is 10.2 Å². The number of nitrogens with one attached hydrogen (secondary N) is 1. The molecule has 0 radical (unpaired) electrons. The minimum Gasteiger partial charge on any atom is -0.476 e. The molecular formula is C42H49F3N4O3. The molecule has 3 aromatic carbocycles. The third-order valence-electron chi connectivity index (χ3n) is 11.6. The van der Waals surface area contributed by atoms with Gasteiger partial charge in [0.1, 0.15) is 12.0 Å². The van der Waals surface area contributed by atoms with Crippen LogP contribution in [0.3, 0.4) is 0 Å². The van der Waals surface area contributed by atoms with Gasteiger partial charge in [-0.2, -0.15) is 13.2 Å². The van der Waals surface area contributed by atoms with E-state index in [2.05, 4.69) is 27.2 Å². The first kappa shape index (κ1) is 36.1. The molecule has 1 unspecified atom stereocenters. The average molecular weight is 715 g/mol. The van der Waals surface area contributed by atoms with Crippen molar-refractivity contribution in [1.29, 1.82) is 0 Å². The quantitative estimate of drug-likeness (QED) is 0.204. The molecule has 2 heterocycles. The summed E-state index contributed by atoms with van der Waals surface area (Å²) in [5.74, 6) is -0.568. The zero-order valence-electron chi connectivity index (χ0n) is 30.0. The lowest BCUT2D eigenvalue weighted by atomic mass is 9.73. The van der Waals surface area contributed by atoms with Gasteiger partial charge in [0.2, 0.25) is 5.91 Å². The summed E-state index contributed by atoms with van der Waals surface area (Å²) in [6, 6.07) is 23.4. The van der Waals surface area contributed by atoms with Crippen molar-refractivity contribution in [2.75, 3.05) is 44.2 Å². The molecule has 7 nitrogen and oxygen atoms in total. The van der Waals surface area contributed by atoms with E-state index in [1.54, 1.807) is 6.26 Å². The SMILES string of the molecule is CC1(N(C(=O)c2ccc(N3CCN(CCCCC4(C(=O)NCC(F)(F)F)c5ccccc5-c5ccccc54)CC3)cc2)C2CCCCC2)CC=CO1. The molecule has 2 aliphatic heterocycles. The number of benzene rings is 3. The van der Waals surface area contributed by atoms with Gasteiger partial charge in [0.25, 0.3) is 5.91 Å². The summed E-state index contributed by atoms with van der Waals surface area (Å²) in [7, 11) is 0. The highest BCUT2D eigenvalue weighted by Gasteiger charge is 2.49.